The van der Waals surface area contributed by atoms with Gasteiger partial charge < -0.3 is 10.2 Å². The first kappa shape index (κ1) is 30.6. The lowest BCUT2D eigenvalue weighted by atomic mass is 10.1. The van der Waals surface area contributed by atoms with Crippen LogP contribution in [0.4, 0.5) is 5.69 Å². The third kappa shape index (κ3) is 7.11. The van der Waals surface area contributed by atoms with Crippen molar-refractivity contribution in [2.45, 2.75) is 76.4 Å². The molecule has 3 aromatic rings. The van der Waals surface area contributed by atoms with Gasteiger partial charge in [-0.25, -0.2) is 8.42 Å². The summed E-state index contributed by atoms with van der Waals surface area (Å²) < 4.78 is 29.2. The van der Waals surface area contributed by atoms with Gasteiger partial charge in [-0.05, 0) is 74.1 Å². The molecule has 0 aliphatic heterocycles. The first-order chi connectivity index (χ1) is 19.6. The van der Waals surface area contributed by atoms with Crippen molar-refractivity contribution in [2.75, 3.05) is 10.8 Å². The van der Waals surface area contributed by atoms with Crippen molar-refractivity contribution < 1.29 is 18.0 Å². The highest BCUT2D eigenvalue weighted by Crippen LogP contribution is 2.29. The summed E-state index contributed by atoms with van der Waals surface area (Å²) in [5.41, 5.74) is 2.75. The zero-order valence-electron chi connectivity index (χ0n) is 23.8. The zero-order valence-corrected chi connectivity index (χ0v) is 25.4. The molecule has 0 saturated heterocycles. The van der Waals surface area contributed by atoms with E-state index in [1.54, 1.807) is 42.5 Å². The van der Waals surface area contributed by atoms with E-state index >= 15 is 0 Å². The number of aryl methyl sites for hydroxylation is 1. The summed E-state index contributed by atoms with van der Waals surface area (Å²) in [6.45, 7) is 5.20. The van der Waals surface area contributed by atoms with Crippen LogP contribution in [-0.2, 0) is 26.2 Å². The Morgan fingerprint density at radius 2 is 1.61 bits per heavy atom. The number of sulfonamides is 1. The van der Waals surface area contributed by atoms with Crippen LogP contribution in [0.1, 0.15) is 55.7 Å². The average molecular weight is 596 g/mol. The number of carbonyl (C=O) groups is 2. The lowest BCUT2D eigenvalue weighted by molar-refractivity contribution is -0.140. The van der Waals surface area contributed by atoms with Gasteiger partial charge in [-0.3, -0.25) is 13.9 Å². The number of benzene rings is 3. The highest BCUT2D eigenvalue weighted by Gasteiger charge is 2.35. The maximum atomic E-state index is 14.3. The van der Waals surface area contributed by atoms with Crippen molar-refractivity contribution in [1.29, 1.82) is 0 Å². The van der Waals surface area contributed by atoms with Crippen molar-refractivity contribution in [3.05, 3.63) is 94.5 Å². The van der Waals surface area contributed by atoms with E-state index in [1.165, 1.54) is 17.0 Å². The molecule has 0 aromatic heterocycles. The van der Waals surface area contributed by atoms with Gasteiger partial charge in [0, 0.05) is 17.6 Å². The number of halogens is 1. The van der Waals surface area contributed by atoms with Gasteiger partial charge in [0.25, 0.3) is 10.0 Å². The van der Waals surface area contributed by atoms with E-state index in [2.05, 4.69) is 5.32 Å². The van der Waals surface area contributed by atoms with Crippen LogP contribution >= 0.6 is 11.6 Å². The summed E-state index contributed by atoms with van der Waals surface area (Å²) in [7, 11) is -4.12. The summed E-state index contributed by atoms with van der Waals surface area (Å²) in [6, 6.07) is 19.9. The van der Waals surface area contributed by atoms with Gasteiger partial charge in [-0.2, -0.15) is 0 Å². The second-order valence-electron chi connectivity index (χ2n) is 10.6. The topological polar surface area (TPSA) is 86.8 Å². The van der Waals surface area contributed by atoms with E-state index in [4.69, 9.17) is 11.6 Å². The maximum Gasteiger partial charge on any atom is 0.264 e. The molecule has 41 heavy (non-hydrogen) atoms. The van der Waals surface area contributed by atoms with E-state index in [0.717, 1.165) is 41.1 Å². The van der Waals surface area contributed by atoms with Gasteiger partial charge in [-0.15, -0.1) is 0 Å². The normalized spacial score (nSPS) is 14.4. The minimum absolute atomic E-state index is 0.0706. The Hall–Kier alpha value is -3.36. The van der Waals surface area contributed by atoms with E-state index in [0.29, 0.717) is 22.7 Å². The lowest BCUT2D eigenvalue weighted by Gasteiger charge is -2.34. The van der Waals surface area contributed by atoms with Crippen molar-refractivity contribution in [2.24, 2.45) is 0 Å². The van der Waals surface area contributed by atoms with Crippen molar-refractivity contribution in [3.8, 4) is 0 Å². The van der Waals surface area contributed by atoms with E-state index in [-0.39, 0.29) is 23.4 Å². The Morgan fingerprint density at radius 3 is 2.27 bits per heavy atom. The van der Waals surface area contributed by atoms with E-state index in [1.807, 2.05) is 39.0 Å². The Bertz CT molecular complexity index is 1470. The predicted octanol–water partition coefficient (Wildman–Crippen LogP) is 6.02. The number of nitrogens with one attached hydrogen (secondary N) is 1. The van der Waals surface area contributed by atoms with Crippen LogP contribution in [0.5, 0.6) is 0 Å². The van der Waals surface area contributed by atoms with Crippen LogP contribution in [0.3, 0.4) is 0 Å². The number of hydrogen-bond acceptors (Lipinski definition) is 4. The van der Waals surface area contributed by atoms with Gasteiger partial charge in [0.15, 0.2) is 0 Å². The molecule has 1 aliphatic carbocycles. The van der Waals surface area contributed by atoms with Crippen LogP contribution in [0.15, 0.2) is 77.7 Å². The summed E-state index contributed by atoms with van der Waals surface area (Å²) in [5, 5.41) is 3.60. The fraction of sp³-hybridized carbons (Fsp3) is 0.375. The molecule has 1 N–H and O–H groups in total. The molecule has 0 bridgehead atoms. The van der Waals surface area contributed by atoms with Crippen molar-refractivity contribution >= 4 is 39.1 Å². The summed E-state index contributed by atoms with van der Waals surface area (Å²) >= 11 is 6.49. The van der Waals surface area contributed by atoms with E-state index in [9.17, 15) is 18.0 Å². The molecule has 7 nitrogen and oxygen atoms in total. The summed E-state index contributed by atoms with van der Waals surface area (Å²) in [5.74, 6) is -0.720. The molecule has 2 amide bonds. The molecular formula is C32H38ClN3O4S. The molecule has 9 heteroatoms. The van der Waals surface area contributed by atoms with Crippen LogP contribution in [-0.4, -0.2) is 43.8 Å². The van der Waals surface area contributed by atoms with Gasteiger partial charge in [0.05, 0.1) is 10.6 Å². The molecule has 0 spiro atoms. The molecule has 0 unspecified atom stereocenters. The second-order valence-corrected chi connectivity index (χ2v) is 12.8. The molecule has 1 fully saturated rings. The Morgan fingerprint density at radius 1 is 0.951 bits per heavy atom. The smallest absolute Gasteiger partial charge is 0.264 e. The quantitative estimate of drug-likeness (QED) is 0.294. The average Bonchev–Trinajstić information content (AvgIpc) is 3.47. The zero-order chi connectivity index (χ0) is 29.6. The molecule has 1 atom stereocenters. The van der Waals surface area contributed by atoms with Crippen LogP contribution in [0, 0.1) is 13.8 Å². The molecule has 0 radical (unpaired) electrons. The molecule has 218 valence electrons. The van der Waals surface area contributed by atoms with Crippen molar-refractivity contribution in [1.82, 2.24) is 10.2 Å². The largest absolute Gasteiger partial charge is 0.352 e. The van der Waals surface area contributed by atoms with E-state index < -0.39 is 28.5 Å². The Labute approximate surface area is 248 Å². The first-order valence-corrected chi connectivity index (χ1v) is 15.9. The molecule has 0 heterocycles. The standard InChI is InChI=1S/C32H38ClN3O4S/c1-4-29(32(38)34-26-15-9-10-16-26)35(21-25-14-8-11-19-28(25)33)31(37)22-36(30-20-12-13-23(2)24(30)3)41(39,40)27-17-6-5-7-18-27/h5-8,11-14,17-20,26,29H,4,9-10,15-16,21-22H2,1-3H3,(H,34,38)/t29-/m0/s1. The first-order valence-electron chi connectivity index (χ1n) is 14.1. The van der Waals surface area contributed by atoms with Gasteiger partial charge in [-0.1, -0.05) is 79.9 Å². The highest BCUT2D eigenvalue weighted by molar-refractivity contribution is 7.92. The molecule has 1 saturated carbocycles. The maximum absolute atomic E-state index is 14.3. The second kappa shape index (κ2) is 13.5. The van der Waals surface area contributed by atoms with Gasteiger partial charge in [0.1, 0.15) is 12.6 Å². The number of rotatable bonds is 11. The minimum atomic E-state index is -4.12. The van der Waals surface area contributed by atoms with Crippen molar-refractivity contribution in [3.63, 3.8) is 0 Å². The Balaban J connectivity index is 1.75. The fourth-order valence-electron chi connectivity index (χ4n) is 5.34. The third-order valence-corrected chi connectivity index (χ3v) is 9.98. The summed E-state index contributed by atoms with van der Waals surface area (Å²) in [6.07, 6.45) is 4.31. The lowest BCUT2D eigenvalue weighted by Crippen LogP contribution is -2.53. The van der Waals surface area contributed by atoms with Gasteiger partial charge in [0.2, 0.25) is 11.8 Å². The summed E-state index contributed by atoms with van der Waals surface area (Å²) in [4.78, 5) is 29.4. The van der Waals surface area contributed by atoms with Crippen LogP contribution in [0.2, 0.25) is 5.02 Å². The monoisotopic (exact) mass is 595 g/mol. The SMILES string of the molecule is CC[C@@H](C(=O)NC1CCCC1)N(Cc1ccccc1Cl)C(=O)CN(c1cccc(C)c1C)S(=O)(=O)c1ccccc1. The number of amides is 2. The predicted molar refractivity (Wildman–Crippen MR) is 163 cm³/mol. The van der Waals surface area contributed by atoms with Crippen LogP contribution in [0.25, 0.3) is 0 Å². The number of nitrogens with zero attached hydrogens (tertiary/aromatic N) is 2. The Kier molecular flexibility index (Phi) is 10.1. The van der Waals surface area contributed by atoms with Gasteiger partial charge >= 0.3 is 0 Å². The fourth-order valence-corrected chi connectivity index (χ4v) is 7.02. The number of anilines is 1. The molecule has 3 aromatic carbocycles. The van der Waals surface area contributed by atoms with Crippen LogP contribution < -0.4 is 9.62 Å². The molecule has 1 aliphatic rings. The number of carbonyl (C=O) groups excluding carboxylic acids is 2. The molecular weight excluding hydrogens is 558 g/mol. The minimum Gasteiger partial charge on any atom is -0.352 e. The highest BCUT2D eigenvalue weighted by atomic mass is 35.5. The molecule has 4 rings (SSSR count). The number of hydrogen-bond donors (Lipinski definition) is 1. The third-order valence-electron chi connectivity index (χ3n) is 7.84.